The summed E-state index contributed by atoms with van der Waals surface area (Å²) in [5, 5.41) is 9.19. The van der Waals surface area contributed by atoms with Gasteiger partial charge in [-0.05, 0) is 25.0 Å². The SMILES string of the molecule is O=C(O)C1CCC1Sc1nc2ccccc2s1. The van der Waals surface area contributed by atoms with Crippen LogP contribution in [0, 0.1) is 5.92 Å². The van der Waals surface area contributed by atoms with Crippen molar-refractivity contribution in [1.82, 2.24) is 4.98 Å². The Kier molecular flexibility index (Phi) is 2.80. The summed E-state index contributed by atoms with van der Waals surface area (Å²) in [5.74, 6) is -0.859. The van der Waals surface area contributed by atoms with Gasteiger partial charge in [-0.1, -0.05) is 23.9 Å². The van der Waals surface area contributed by atoms with E-state index in [1.807, 2.05) is 24.3 Å². The van der Waals surface area contributed by atoms with Gasteiger partial charge in [0.15, 0.2) is 4.34 Å². The predicted molar refractivity (Wildman–Crippen MR) is 69.6 cm³/mol. The number of thioether (sulfide) groups is 1. The molecule has 88 valence electrons. The van der Waals surface area contributed by atoms with Crippen molar-refractivity contribution in [2.75, 3.05) is 0 Å². The van der Waals surface area contributed by atoms with Crippen LogP contribution in [0.5, 0.6) is 0 Å². The van der Waals surface area contributed by atoms with Gasteiger partial charge in [0.1, 0.15) is 0 Å². The van der Waals surface area contributed by atoms with E-state index in [-0.39, 0.29) is 11.2 Å². The maximum absolute atomic E-state index is 10.9. The molecule has 0 amide bonds. The molecule has 1 aromatic heterocycles. The molecule has 17 heavy (non-hydrogen) atoms. The summed E-state index contributed by atoms with van der Waals surface area (Å²) in [5.41, 5.74) is 1.01. The number of nitrogens with zero attached hydrogens (tertiary/aromatic N) is 1. The van der Waals surface area contributed by atoms with Crippen molar-refractivity contribution < 1.29 is 9.90 Å². The third kappa shape index (κ3) is 2.05. The van der Waals surface area contributed by atoms with Gasteiger partial charge < -0.3 is 5.11 Å². The van der Waals surface area contributed by atoms with Crippen molar-refractivity contribution in [2.45, 2.75) is 22.4 Å². The Labute approximate surface area is 107 Å². The highest BCUT2D eigenvalue weighted by Gasteiger charge is 2.37. The van der Waals surface area contributed by atoms with Crippen LogP contribution in [0.1, 0.15) is 12.8 Å². The fourth-order valence-corrected chi connectivity index (χ4v) is 4.53. The molecular weight excluding hydrogens is 254 g/mol. The fraction of sp³-hybridized carbons (Fsp3) is 0.333. The first-order valence-corrected chi connectivity index (χ1v) is 7.19. The molecule has 0 spiro atoms. The van der Waals surface area contributed by atoms with Crippen molar-refractivity contribution in [3.63, 3.8) is 0 Å². The average molecular weight is 265 g/mol. The lowest BCUT2D eigenvalue weighted by Gasteiger charge is -2.31. The summed E-state index contributed by atoms with van der Waals surface area (Å²) in [6.45, 7) is 0. The maximum atomic E-state index is 10.9. The molecule has 5 heteroatoms. The molecule has 1 aliphatic carbocycles. The maximum Gasteiger partial charge on any atom is 0.307 e. The summed E-state index contributed by atoms with van der Waals surface area (Å²) < 4.78 is 2.16. The molecule has 1 heterocycles. The van der Waals surface area contributed by atoms with Gasteiger partial charge in [0, 0.05) is 5.25 Å². The molecule has 3 nitrogen and oxygen atoms in total. The first-order valence-electron chi connectivity index (χ1n) is 5.49. The van der Waals surface area contributed by atoms with Gasteiger partial charge in [-0.15, -0.1) is 11.3 Å². The Morgan fingerprint density at radius 3 is 2.88 bits per heavy atom. The molecule has 0 aliphatic heterocycles. The number of fused-ring (bicyclic) bond motifs is 1. The Hall–Kier alpha value is -1.07. The number of carboxylic acid groups (broad SMARTS) is 1. The van der Waals surface area contributed by atoms with Crippen molar-refractivity contribution in [1.29, 1.82) is 0 Å². The van der Waals surface area contributed by atoms with Gasteiger partial charge in [-0.2, -0.15) is 0 Å². The third-order valence-corrected chi connectivity index (χ3v) is 5.58. The largest absolute Gasteiger partial charge is 0.481 e. The van der Waals surface area contributed by atoms with Gasteiger partial charge in [0.25, 0.3) is 0 Å². The van der Waals surface area contributed by atoms with Crippen LogP contribution in [0.25, 0.3) is 10.2 Å². The molecule has 1 N–H and O–H groups in total. The van der Waals surface area contributed by atoms with Gasteiger partial charge in [0.05, 0.1) is 16.1 Å². The number of aromatic nitrogens is 1. The highest BCUT2D eigenvalue weighted by molar-refractivity contribution is 8.01. The highest BCUT2D eigenvalue weighted by atomic mass is 32.2. The van der Waals surface area contributed by atoms with E-state index < -0.39 is 5.97 Å². The van der Waals surface area contributed by atoms with Crippen LogP contribution in [0.3, 0.4) is 0 Å². The Morgan fingerprint density at radius 2 is 2.24 bits per heavy atom. The molecule has 1 saturated carbocycles. The molecule has 0 radical (unpaired) electrons. The Bertz CT molecular complexity index is 533. The summed E-state index contributed by atoms with van der Waals surface area (Å²) in [4.78, 5) is 15.4. The lowest BCUT2D eigenvalue weighted by Crippen LogP contribution is -2.35. The molecule has 2 atom stereocenters. The number of para-hydroxylation sites is 1. The van der Waals surface area contributed by atoms with E-state index in [0.29, 0.717) is 0 Å². The number of thiazole rings is 1. The second kappa shape index (κ2) is 4.31. The number of carboxylic acids is 1. The number of benzene rings is 1. The molecule has 2 aromatic rings. The van der Waals surface area contributed by atoms with Crippen LogP contribution in [0.2, 0.25) is 0 Å². The second-order valence-electron chi connectivity index (χ2n) is 4.13. The minimum Gasteiger partial charge on any atom is -0.481 e. The topological polar surface area (TPSA) is 50.2 Å². The van der Waals surface area contributed by atoms with Gasteiger partial charge in [0.2, 0.25) is 0 Å². The summed E-state index contributed by atoms with van der Waals surface area (Å²) >= 11 is 3.27. The van der Waals surface area contributed by atoms with E-state index in [9.17, 15) is 4.79 Å². The van der Waals surface area contributed by atoms with Gasteiger partial charge in [-0.25, -0.2) is 4.98 Å². The quantitative estimate of drug-likeness (QED) is 0.925. The molecule has 0 bridgehead atoms. The molecule has 1 aliphatic rings. The van der Waals surface area contributed by atoms with Crippen molar-refractivity contribution in [2.24, 2.45) is 5.92 Å². The van der Waals surface area contributed by atoms with E-state index in [1.54, 1.807) is 23.1 Å². The van der Waals surface area contributed by atoms with Crippen LogP contribution in [0.15, 0.2) is 28.6 Å². The van der Waals surface area contributed by atoms with E-state index in [4.69, 9.17) is 5.11 Å². The van der Waals surface area contributed by atoms with Crippen LogP contribution >= 0.6 is 23.1 Å². The summed E-state index contributed by atoms with van der Waals surface area (Å²) in [6, 6.07) is 8.01. The van der Waals surface area contributed by atoms with Crippen LogP contribution in [0.4, 0.5) is 0 Å². The van der Waals surface area contributed by atoms with Gasteiger partial charge >= 0.3 is 5.97 Å². The van der Waals surface area contributed by atoms with E-state index in [0.717, 1.165) is 22.7 Å². The number of aliphatic carboxylic acids is 1. The zero-order valence-electron chi connectivity index (χ0n) is 9.00. The number of hydrogen-bond donors (Lipinski definition) is 1. The van der Waals surface area contributed by atoms with Crippen LogP contribution in [-0.4, -0.2) is 21.3 Å². The van der Waals surface area contributed by atoms with Crippen molar-refractivity contribution in [3.8, 4) is 0 Å². The molecule has 3 rings (SSSR count). The van der Waals surface area contributed by atoms with E-state index in [2.05, 4.69) is 4.98 Å². The minimum absolute atomic E-state index is 0.188. The van der Waals surface area contributed by atoms with Crippen molar-refractivity contribution >= 4 is 39.3 Å². The summed E-state index contributed by atoms with van der Waals surface area (Å²) in [6.07, 6.45) is 1.79. The summed E-state index contributed by atoms with van der Waals surface area (Å²) in [7, 11) is 0. The molecular formula is C12H11NO2S2. The molecule has 2 unspecified atom stereocenters. The Morgan fingerprint density at radius 1 is 1.41 bits per heavy atom. The fourth-order valence-electron chi connectivity index (χ4n) is 1.92. The molecule has 1 aromatic carbocycles. The van der Waals surface area contributed by atoms with Crippen molar-refractivity contribution in [3.05, 3.63) is 24.3 Å². The monoisotopic (exact) mass is 265 g/mol. The molecule has 1 fully saturated rings. The van der Waals surface area contributed by atoms with E-state index >= 15 is 0 Å². The molecule has 0 saturated heterocycles. The zero-order valence-corrected chi connectivity index (χ0v) is 10.6. The smallest absolute Gasteiger partial charge is 0.307 e. The average Bonchev–Trinajstić information content (AvgIpc) is 2.65. The minimum atomic E-state index is -0.671. The zero-order chi connectivity index (χ0) is 11.8. The standard InChI is InChI=1S/C12H11NO2S2/c14-11(15)7-5-6-9(7)16-12-13-8-3-1-2-4-10(8)17-12/h1-4,7,9H,5-6H2,(H,14,15). The van der Waals surface area contributed by atoms with Gasteiger partial charge in [-0.3, -0.25) is 4.79 Å². The third-order valence-electron chi connectivity index (χ3n) is 3.05. The first kappa shape index (κ1) is 11.0. The van der Waals surface area contributed by atoms with E-state index in [1.165, 1.54) is 4.70 Å². The highest BCUT2D eigenvalue weighted by Crippen LogP contribution is 2.43. The van der Waals surface area contributed by atoms with Crippen LogP contribution in [-0.2, 0) is 4.79 Å². The second-order valence-corrected chi connectivity index (χ2v) is 6.64. The van der Waals surface area contributed by atoms with Crippen LogP contribution < -0.4 is 0 Å². The lowest BCUT2D eigenvalue weighted by atomic mass is 9.85. The number of hydrogen-bond acceptors (Lipinski definition) is 4. The lowest BCUT2D eigenvalue weighted by molar-refractivity contribution is -0.144. The normalized spacial score (nSPS) is 23.5. The number of carbonyl (C=O) groups is 1. The first-order chi connectivity index (χ1) is 8.24. The Balaban J connectivity index is 1.79. The number of rotatable bonds is 3. The predicted octanol–water partition coefficient (Wildman–Crippen LogP) is 3.25.